The lowest BCUT2D eigenvalue weighted by Crippen LogP contribution is -2.28. The topological polar surface area (TPSA) is 66.8 Å². The fourth-order valence-electron chi connectivity index (χ4n) is 2.17. The van der Waals surface area contributed by atoms with Gasteiger partial charge in [0.15, 0.2) is 0 Å². The number of rotatable bonds is 5. The molecule has 0 saturated heterocycles. The van der Waals surface area contributed by atoms with Crippen LogP contribution in [0.4, 0.5) is 13.2 Å². The molecule has 8 heteroatoms. The van der Waals surface area contributed by atoms with Crippen molar-refractivity contribution in [1.82, 2.24) is 4.90 Å². The second kappa shape index (κ2) is 5.86. The van der Waals surface area contributed by atoms with E-state index >= 15 is 0 Å². The van der Waals surface area contributed by atoms with E-state index in [9.17, 15) is 22.8 Å². The molecular weight excluding hydrogens is 303 g/mol. The molecule has 0 bridgehead atoms. The molecule has 0 aliphatic heterocycles. The van der Waals surface area contributed by atoms with Crippen molar-refractivity contribution in [2.45, 2.75) is 19.3 Å². The van der Waals surface area contributed by atoms with E-state index in [2.05, 4.69) is 4.74 Å². The van der Waals surface area contributed by atoms with Crippen molar-refractivity contribution in [3.05, 3.63) is 29.8 Å². The smallest absolute Gasteiger partial charge is 0.481 e. The van der Waals surface area contributed by atoms with E-state index in [-0.39, 0.29) is 18.2 Å². The lowest BCUT2D eigenvalue weighted by Gasteiger charge is -2.17. The fourth-order valence-corrected chi connectivity index (χ4v) is 2.17. The molecule has 1 saturated carbocycles. The third-order valence-corrected chi connectivity index (χ3v) is 3.38. The molecule has 1 aromatic rings. The van der Waals surface area contributed by atoms with Gasteiger partial charge in [0, 0.05) is 13.6 Å². The molecule has 2 atom stereocenters. The summed E-state index contributed by atoms with van der Waals surface area (Å²) < 4.78 is 39.8. The number of ether oxygens (including phenoxy) is 1. The largest absolute Gasteiger partial charge is 0.573 e. The van der Waals surface area contributed by atoms with Gasteiger partial charge in [-0.25, -0.2) is 0 Å². The minimum absolute atomic E-state index is 0.188. The molecular formula is C14H14F3NO4. The first kappa shape index (κ1) is 16.1. The molecule has 120 valence electrons. The number of carbonyl (C=O) groups excluding carboxylic acids is 1. The van der Waals surface area contributed by atoms with Crippen LogP contribution in [0.3, 0.4) is 0 Å². The van der Waals surface area contributed by atoms with Gasteiger partial charge in [0.2, 0.25) is 5.91 Å². The standard InChI is InChI=1S/C14H14F3NO4/c1-18(12(19)10-6-11(10)13(20)21)7-8-2-4-9(5-3-8)22-14(15,16)17/h2-5,10-11H,6-7H2,1H3,(H,20,21). The Morgan fingerprint density at radius 3 is 2.32 bits per heavy atom. The van der Waals surface area contributed by atoms with Crippen molar-refractivity contribution in [2.24, 2.45) is 11.8 Å². The summed E-state index contributed by atoms with van der Waals surface area (Å²) in [4.78, 5) is 24.1. The zero-order chi connectivity index (χ0) is 16.5. The summed E-state index contributed by atoms with van der Waals surface area (Å²) in [6.07, 6.45) is -4.41. The normalized spacial score (nSPS) is 20.4. The Balaban J connectivity index is 1.91. The van der Waals surface area contributed by atoms with Crippen LogP contribution in [0.2, 0.25) is 0 Å². The molecule has 0 aromatic heterocycles. The highest BCUT2D eigenvalue weighted by Gasteiger charge is 2.49. The van der Waals surface area contributed by atoms with Gasteiger partial charge in [-0.15, -0.1) is 13.2 Å². The van der Waals surface area contributed by atoms with E-state index in [1.165, 1.54) is 24.1 Å². The number of carbonyl (C=O) groups is 2. The summed E-state index contributed by atoms with van der Waals surface area (Å²) in [7, 11) is 1.53. The van der Waals surface area contributed by atoms with Gasteiger partial charge in [-0.05, 0) is 24.1 Å². The number of halogens is 3. The summed E-state index contributed by atoms with van der Waals surface area (Å²) in [5.41, 5.74) is 0.623. The Labute approximate surface area is 124 Å². The quantitative estimate of drug-likeness (QED) is 0.904. The molecule has 1 aliphatic rings. The predicted molar refractivity (Wildman–Crippen MR) is 68.8 cm³/mol. The molecule has 0 heterocycles. The van der Waals surface area contributed by atoms with Crippen LogP contribution in [0.25, 0.3) is 0 Å². The average Bonchev–Trinajstić information content (AvgIpc) is 3.18. The maximum atomic E-state index is 12.0. The van der Waals surface area contributed by atoms with Crippen LogP contribution in [-0.4, -0.2) is 35.3 Å². The summed E-state index contributed by atoms with van der Waals surface area (Å²) in [6, 6.07) is 5.18. The average molecular weight is 317 g/mol. The maximum absolute atomic E-state index is 12.0. The molecule has 1 amide bonds. The number of carboxylic acids is 1. The van der Waals surface area contributed by atoms with E-state index in [0.29, 0.717) is 12.0 Å². The van der Waals surface area contributed by atoms with Crippen LogP contribution in [0, 0.1) is 11.8 Å². The van der Waals surface area contributed by atoms with Gasteiger partial charge < -0.3 is 14.7 Å². The highest BCUT2D eigenvalue weighted by molar-refractivity contribution is 5.89. The molecule has 5 nitrogen and oxygen atoms in total. The Morgan fingerprint density at radius 1 is 1.27 bits per heavy atom. The summed E-state index contributed by atoms with van der Waals surface area (Å²) >= 11 is 0. The fraction of sp³-hybridized carbons (Fsp3) is 0.429. The highest BCUT2D eigenvalue weighted by Crippen LogP contribution is 2.40. The number of alkyl halides is 3. The molecule has 0 spiro atoms. The zero-order valence-electron chi connectivity index (χ0n) is 11.6. The number of amides is 1. The van der Waals surface area contributed by atoms with E-state index in [0.717, 1.165) is 12.1 Å². The van der Waals surface area contributed by atoms with Crippen LogP contribution >= 0.6 is 0 Å². The third-order valence-electron chi connectivity index (χ3n) is 3.38. The van der Waals surface area contributed by atoms with Gasteiger partial charge in [0.25, 0.3) is 0 Å². The van der Waals surface area contributed by atoms with Crippen LogP contribution in [0.1, 0.15) is 12.0 Å². The molecule has 1 aromatic carbocycles. The molecule has 1 N–H and O–H groups in total. The van der Waals surface area contributed by atoms with Crippen molar-refractivity contribution in [2.75, 3.05) is 7.05 Å². The van der Waals surface area contributed by atoms with Gasteiger partial charge in [-0.1, -0.05) is 12.1 Å². The van der Waals surface area contributed by atoms with Crippen molar-refractivity contribution in [1.29, 1.82) is 0 Å². The van der Waals surface area contributed by atoms with Gasteiger partial charge in [-0.3, -0.25) is 9.59 Å². The van der Waals surface area contributed by atoms with Gasteiger partial charge >= 0.3 is 12.3 Å². The predicted octanol–water partition coefficient (Wildman–Crippen LogP) is 2.26. The second-order valence-corrected chi connectivity index (χ2v) is 5.17. The first-order valence-corrected chi connectivity index (χ1v) is 6.50. The minimum atomic E-state index is -4.74. The van der Waals surface area contributed by atoms with Crippen molar-refractivity contribution >= 4 is 11.9 Å². The Kier molecular flexibility index (Phi) is 4.30. The molecule has 22 heavy (non-hydrogen) atoms. The first-order valence-electron chi connectivity index (χ1n) is 6.50. The van der Waals surface area contributed by atoms with Crippen LogP contribution in [0.15, 0.2) is 24.3 Å². The number of benzene rings is 1. The van der Waals surface area contributed by atoms with E-state index < -0.39 is 24.2 Å². The number of aliphatic carboxylic acids is 1. The van der Waals surface area contributed by atoms with Crippen LogP contribution in [-0.2, 0) is 16.1 Å². The Bertz CT molecular complexity index is 570. The van der Waals surface area contributed by atoms with Crippen LogP contribution < -0.4 is 4.74 Å². The Morgan fingerprint density at radius 2 is 1.86 bits per heavy atom. The maximum Gasteiger partial charge on any atom is 0.573 e. The number of hydrogen-bond donors (Lipinski definition) is 1. The molecule has 1 fully saturated rings. The van der Waals surface area contributed by atoms with Crippen molar-refractivity contribution in [3.63, 3.8) is 0 Å². The van der Waals surface area contributed by atoms with Crippen molar-refractivity contribution in [3.8, 4) is 5.75 Å². The third kappa shape index (κ3) is 4.12. The Hall–Kier alpha value is -2.25. The van der Waals surface area contributed by atoms with Crippen molar-refractivity contribution < 1.29 is 32.6 Å². The van der Waals surface area contributed by atoms with Gasteiger partial charge in [0.1, 0.15) is 5.75 Å². The summed E-state index contributed by atoms with van der Waals surface area (Å²) in [5.74, 6) is -2.73. The molecule has 0 radical (unpaired) electrons. The lowest BCUT2D eigenvalue weighted by molar-refractivity contribution is -0.274. The second-order valence-electron chi connectivity index (χ2n) is 5.17. The molecule has 2 rings (SSSR count). The van der Waals surface area contributed by atoms with E-state index in [4.69, 9.17) is 5.11 Å². The monoisotopic (exact) mass is 317 g/mol. The number of nitrogens with zero attached hydrogens (tertiary/aromatic N) is 1. The van der Waals surface area contributed by atoms with E-state index in [1.54, 1.807) is 0 Å². The summed E-state index contributed by atoms with van der Waals surface area (Å²) in [6.45, 7) is 0.188. The number of carboxylic acid groups (broad SMARTS) is 1. The minimum Gasteiger partial charge on any atom is -0.481 e. The first-order chi connectivity index (χ1) is 10.2. The van der Waals surface area contributed by atoms with Gasteiger partial charge in [0.05, 0.1) is 11.8 Å². The molecule has 1 aliphatic carbocycles. The van der Waals surface area contributed by atoms with E-state index in [1.807, 2.05) is 0 Å². The summed E-state index contributed by atoms with van der Waals surface area (Å²) in [5, 5.41) is 8.79. The van der Waals surface area contributed by atoms with Crippen LogP contribution in [0.5, 0.6) is 5.75 Å². The lowest BCUT2D eigenvalue weighted by atomic mass is 10.2. The zero-order valence-corrected chi connectivity index (χ0v) is 11.6. The SMILES string of the molecule is CN(Cc1ccc(OC(F)(F)F)cc1)C(=O)C1CC1C(=O)O. The number of hydrogen-bond acceptors (Lipinski definition) is 3. The molecule has 2 unspecified atom stereocenters. The highest BCUT2D eigenvalue weighted by atomic mass is 19.4. The van der Waals surface area contributed by atoms with Gasteiger partial charge in [-0.2, -0.15) is 0 Å².